The van der Waals surface area contributed by atoms with E-state index >= 15 is 0 Å². The molecular weight excluding hydrogens is 268 g/mol. The van der Waals surface area contributed by atoms with Gasteiger partial charge in [-0.3, -0.25) is 0 Å². The van der Waals surface area contributed by atoms with Gasteiger partial charge in [0.15, 0.2) is 6.10 Å². The van der Waals surface area contributed by atoms with Gasteiger partial charge in [0.1, 0.15) is 5.75 Å². The standard InChI is InChI=1S/C14H19ClO4/c1-3-4-7-19-13(14(16)17)9-10-8-11(15)5-6-12(10)18-2/h5-6,8,13H,3-4,7,9H2,1-2H3,(H,16,17)/t13-/m1/s1. The molecule has 0 fully saturated rings. The number of aliphatic carboxylic acids is 1. The van der Waals surface area contributed by atoms with Crippen molar-refractivity contribution in [2.24, 2.45) is 0 Å². The molecule has 0 bridgehead atoms. The largest absolute Gasteiger partial charge is 0.496 e. The molecule has 106 valence electrons. The maximum atomic E-state index is 11.2. The highest BCUT2D eigenvalue weighted by molar-refractivity contribution is 6.30. The molecule has 0 unspecified atom stereocenters. The number of halogens is 1. The van der Waals surface area contributed by atoms with Gasteiger partial charge in [0.2, 0.25) is 0 Å². The lowest BCUT2D eigenvalue weighted by atomic mass is 10.1. The van der Waals surface area contributed by atoms with Crippen LogP contribution in [0.5, 0.6) is 5.75 Å². The molecule has 5 heteroatoms. The Bertz CT molecular complexity index is 420. The number of benzene rings is 1. The van der Waals surface area contributed by atoms with Crippen molar-refractivity contribution in [2.75, 3.05) is 13.7 Å². The van der Waals surface area contributed by atoms with Gasteiger partial charge in [-0.25, -0.2) is 4.79 Å². The Kier molecular flexibility index (Phi) is 6.67. The number of unbranched alkanes of at least 4 members (excludes halogenated alkanes) is 1. The second-order valence-electron chi connectivity index (χ2n) is 4.21. The van der Waals surface area contributed by atoms with E-state index in [0.29, 0.717) is 17.4 Å². The topological polar surface area (TPSA) is 55.8 Å². The van der Waals surface area contributed by atoms with E-state index in [4.69, 9.17) is 26.2 Å². The highest BCUT2D eigenvalue weighted by Crippen LogP contribution is 2.24. The van der Waals surface area contributed by atoms with Crippen LogP contribution in [-0.2, 0) is 16.0 Å². The third-order valence-electron chi connectivity index (χ3n) is 2.74. The predicted octanol–water partition coefficient (Wildman–Crippen LogP) is 3.16. The molecule has 0 aromatic heterocycles. The number of rotatable bonds is 8. The maximum absolute atomic E-state index is 11.2. The van der Waals surface area contributed by atoms with E-state index < -0.39 is 12.1 Å². The van der Waals surface area contributed by atoms with E-state index in [1.807, 2.05) is 6.92 Å². The van der Waals surface area contributed by atoms with Crippen molar-refractivity contribution in [1.29, 1.82) is 0 Å². The minimum Gasteiger partial charge on any atom is -0.496 e. The second-order valence-corrected chi connectivity index (χ2v) is 4.65. The number of methoxy groups -OCH3 is 1. The summed E-state index contributed by atoms with van der Waals surface area (Å²) in [5.41, 5.74) is 0.735. The molecule has 1 aromatic carbocycles. The van der Waals surface area contributed by atoms with E-state index in [1.54, 1.807) is 25.3 Å². The number of hydrogen-bond acceptors (Lipinski definition) is 3. The van der Waals surface area contributed by atoms with Gasteiger partial charge in [-0.05, 0) is 30.2 Å². The number of carboxylic acids is 1. The van der Waals surface area contributed by atoms with Crippen LogP contribution in [0.3, 0.4) is 0 Å². The number of carbonyl (C=O) groups is 1. The lowest BCUT2D eigenvalue weighted by molar-refractivity contribution is -0.150. The first kappa shape index (κ1) is 15.8. The molecule has 1 atom stereocenters. The summed E-state index contributed by atoms with van der Waals surface area (Å²) in [6.45, 7) is 2.47. The molecule has 0 aliphatic heterocycles. The lowest BCUT2D eigenvalue weighted by Crippen LogP contribution is -2.27. The fourth-order valence-corrected chi connectivity index (χ4v) is 1.89. The number of hydrogen-bond donors (Lipinski definition) is 1. The van der Waals surface area contributed by atoms with Crippen LogP contribution < -0.4 is 4.74 Å². The van der Waals surface area contributed by atoms with Gasteiger partial charge in [0, 0.05) is 18.1 Å². The molecule has 1 N–H and O–H groups in total. The average molecular weight is 287 g/mol. The van der Waals surface area contributed by atoms with E-state index in [2.05, 4.69) is 0 Å². The quantitative estimate of drug-likeness (QED) is 0.746. The van der Waals surface area contributed by atoms with Crippen LogP contribution in [0.4, 0.5) is 0 Å². The van der Waals surface area contributed by atoms with Crippen molar-refractivity contribution in [1.82, 2.24) is 0 Å². The van der Waals surface area contributed by atoms with Gasteiger partial charge in [0.25, 0.3) is 0 Å². The Labute approximate surface area is 118 Å². The van der Waals surface area contributed by atoms with Crippen molar-refractivity contribution in [3.8, 4) is 5.75 Å². The summed E-state index contributed by atoms with van der Waals surface area (Å²) in [5, 5.41) is 9.72. The Morgan fingerprint density at radius 2 is 2.21 bits per heavy atom. The molecular formula is C14H19ClO4. The zero-order valence-corrected chi connectivity index (χ0v) is 11.9. The molecule has 0 aliphatic carbocycles. The van der Waals surface area contributed by atoms with E-state index in [1.165, 1.54) is 0 Å². The molecule has 0 amide bonds. The second kappa shape index (κ2) is 8.02. The molecule has 0 radical (unpaired) electrons. The molecule has 0 spiro atoms. The van der Waals surface area contributed by atoms with Gasteiger partial charge in [-0.15, -0.1) is 0 Å². The molecule has 0 heterocycles. The van der Waals surface area contributed by atoms with Gasteiger partial charge in [-0.1, -0.05) is 24.9 Å². The molecule has 0 saturated carbocycles. The van der Waals surface area contributed by atoms with E-state index in [-0.39, 0.29) is 6.42 Å². The Balaban J connectivity index is 2.77. The van der Waals surface area contributed by atoms with Crippen LogP contribution in [0, 0.1) is 0 Å². The van der Waals surface area contributed by atoms with Crippen LogP contribution in [0.2, 0.25) is 5.02 Å². The molecule has 19 heavy (non-hydrogen) atoms. The smallest absolute Gasteiger partial charge is 0.333 e. The monoisotopic (exact) mass is 286 g/mol. The van der Waals surface area contributed by atoms with Crippen molar-refractivity contribution in [2.45, 2.75) is 32.3 Å². The molecule has 0 saturated heterocycles. The number of carboxylic acid groups (broad SMARTS) is 1. The van der Waals surface area contributed by atoms with E-state index in [0.717, 1.165) is 18.4 Å². The van der Waals surface area contributed by atoms with Crippen LogP contribution in [0.25, 0.3) is 0 Å². The fraction of sp³-hybridized carbons (Fsp3) is 0.500. The minimum atomic E-state index is -0.974. The summed E-state index contributed by atoms with van der Waals surface area (Å²) in [6.07, 6.45) is 1.17. The van der Waals surface area contributed by atoms with Gasteiger partial charge < -0.3 is 14.6 Å². The zero-order valence-electron chi connectivity index (χ0n) is 11.2. The summed E-state index contributed by atoms with van der Waals surface area (Å²) in [7, 11) is 1.54. The van der Waals surface area contributed by atoms with E-state index in [9.17, 15) is 4.79 Å². The number of ether oxygens (including phenoxy) is 2. The zero-order chi connectivity index (χ0) is 14.3. The third-order valence-corrected chi connectivity index (χ3v) is 2.98. The van der Waals surface area contributed by atoms with Crippen molar-refractivity contribution >= 4 is 17.6 Å². The minimum absolute atomic E-state index is 0.239. The molecule has 1 rings (SSSR count). The summed E-state index contributed by atoms with van der Waals surface area (Å²) >= 11 is 5.92. The third kappa shape index (κ3) is 5.09. The summed E-state index contributed by atoms with van der Waals surface area (Å²) in [6, 6.07) is 5.14. The molecule has 1 aromatic rings. The highest BCUT2D eigenvalue weighted by Gasteiger charge is 2.20. The first-order chi connectivity index (χ1) is 9.08. The Hall–Kier alpha value is -1.26. The first-order valence-electron chi connectivity index (χ1n) is 6.25. The first-order valence-corrected chi connectivity index (χ1v) is 6.63. The van der Waals surface area contributed by atoms with Crippen LogP contribution >= 0.6 is 11.6 Å². The SMILES string of the molecule is CCCCO[C@H](Cc1cc(Cl)ccc1OC)C(=O)O. The van der Waals surface area contributed by atoms with Gasteiger partial charge in [-0.2, -0.15) is 0 Å². The predicted molar refractivity (Wildman–Crippen MR) is 74.0 cm³/mol. The van der Waals surface area contributed by atoms with Crippen LogP contribution in [0.1, 0.15) is 25.3 Å². The summed E-state index contributed by atoms with van der Waals surface area (Å²) in [4.78, 5) is 11.2. The summed E-state index contributed by atoms with van der Waals surface area (Å²) in [5.74, 6) is -0.354. The van der Waals surface area contributed by atoms with Crippen molar-refractivity contribution in [3.63, 3.8) is 0 Å². The summed E-state index contributed by atoms with van der Waals surface area (Å²) < 4.78 is 10.6. The van der Waals surface area contributed by atoms with Crippen molar-refractivity contribution < 1.29 is 19.4 Å². The molecule has 0 aliphatic rings. The van der Waals surface area contributed by atoms with Gasteiger partial charge >= 0.3 is 5.97 Å². The average Bonchev–Trinajstić information content (AvgIpc) is 2.38. The molecule has 4 nitrogen and oxygen atoms in total. The maximum Gasteiger partial charge on any atom is 0.333 e. The van der Waals surface area contributed by atoms with Crippen LogP contribution in [0.15, 0.2) is 18.2 Å². The van der Waals surface area contributed by atoms with Crippen LogP contribution in [-0.4, -0.2) is 30.9 Å². The normalized spacial score (nSPS) is 12.2. The Morgan fingerprint density at radius 1 is 1.47 bits per heavy atom. The fourth-order valence-electron chi connectivity index (χ4n) is 1.69. The Morgan fingerprint density at radius 3 is 2.79 bits per heavy atom. The van der Waals surface area contributed by atoms with Gasteiger partial charge in [0.05, 0.1) is 7.11 Å². The highest BCUT2D eigenvalue weighted by atomic mass is 35.5. The van der Waals surface area contributed by atoms with Crippen molar-refractivity contribution in [3.05, 3.63) is 28.8 Å². The lowest BCUT2D eigenvalue weighted by Gasteiger charge is -2.15.